The maximum absolute atomic E-state index is 11.9. The first kappa shape index (κ1) is 14.8. The number of aromatic amines is 1. The number of carbonyl (C=O) groups is 1. The van der Waals surface area contributed by atoms with E-state index in [1.165, 1.54) is 13.2 Å². The lowest BCUT2D eigenvalue weighted by Gasteiger charge is -2.06. The van der Waals surface area contributed by atoms with Crippen molar-refractivity contribution in [3.63, 3.8) is 0 Å². The number of H-pyrrole nitrogens is 1. The maximum Gasteiger partial charge on any atom is 0.342 e. The van der Waals surface area contributed by atoms with Crippen molar-refractivity contribution < 1.29 is 19.4 Å². The number of anilines is 1. The van der Waals surface area contributed by atoms with Gasteiger partial charge in [-0.1, -0.05) is 0 Å². The van der Waals surface area contributed by atoms with Gasteiger partial charge in [0.05, 0.1) is 25.1 Å². The van der Waals surface area contributed by atoms with E-state index >= 15 is 0 Å². The van der Waals surface area contributed by atoms with Crippen LogP contribution in [0.2, 0.25) is 0 Å². The summed E-state index contributed by atoms with van der Waals surface area (Å²) in [5.41, 5.74) is 8.51. The molecule has 1 aromatic carbocycles. The van der Waals surface area contributed by atoms with E-state index in [4.69, 9.17) is 15.2 Å². The van der Waals surface area contributed by atoms with Crippen LogP contribution in [0.3, 0.4) is 0 Å². The number of hydrogen-bond donors (Lipinski definition) is 3. The SMILES string of the molecule is CCOC(=O)c1c(C)[nH]c(-c2ccc(OC)c(O)c2)c1N. The summed E-state index contributed by atoms with van der Waals surface area (Å²) in [6.45, 7) is 3.76. The largest absolute Gasteiger partial charge is 0.504 e. The lowest BCUT2D eigenvalue weighted by atomic mass is 10.1. The van der Waals surface area contributed by atoms with Gasteiger partial charge in [-0.25, -0.2) is 4.79 Å². The molecule has 2 aromatic rings. The fraction of sp³-hybridized carbons (Fsp3) is 0.267. The smallest absolute Gasteiger partial charge is 0.342 e. The Bertz CT molecular complexity index is 677. The molecule has 0 saturated carbocycles. The van der Waals surface area contributed by atoms with Gasteiger partial charge in [-0.3, -0.25) is 0 Å². The predicted octanol–water partition coefficient (Wildman–Crippen LogP) is 2.46. The van der Waals surface area contributed by atoms with Crippen LogP contribution in [0.1, 0.15) is 23.0 Å². The standard InChI is InChI=1S/C15H18N2O4/c1-4-21-15(19)12-8(2)17-14(13(12)16)9-5-6-11(20-3)10(18)7-9/h5-7,17-18H,4,16H2,1-3H3. The highest BCUT2D eigenvalue weighted by molar-refractivity contribution is 6.00. The average Bonchev–Trinajstić information content (AvgIpc) is 2.74. The van der Waals surface area contributed by atoms with E-state index in [-0.39, 0.29) is 12.4 Å². The van der Waals surface area contributed by atoms with Crippen molar-refractivity contribution >= 4 is 11.7 Å². The first-order valence-electron chi connectivity index (χ1n) is 6.52. The normalized spacial score (nSPS) is 10.4. The van der Waals surface area contributed by atoms with E-state index in [9.17, 15) is 9.90 Å². The number of hydrogen-bond acceptors (Lipinski definition) is 5. The van der Waals surface area contributed by atoms with Crippen molar-refractivity contribution in [2.24, 2.45) is 0 Å². The van der Waals surface area contributed by atoms with Crippen molar-refractivity contribution in [2.45, 2.75) is 13.8 Å². The number of nitrogens with two attached hydrogens (primary N) is 1. The zero-order valence-corrected chi connectivity index (χ0v) is 12.2. The quantitative estimate of drug-likeness (QED) is 0.751. The summed E-state index contributed by atoms with van der Waals surface area (Å²) in [5, 5.41) is 9.84. The Morgan fingerprint density at radius 2 is 2.14 bits per heavy atom. The zero-order chi connectivity index (χ0) is 15.6. The van der Waals surface area contributed by atoms with Crippen molar-refractivity contribution in [1.29, 1.82) is 0 Å². The van der Waals surface area contributed by atoms with E-state index in [1.54, 1.807) is 26.0 Å². The number of ether oxygens (including phenoxy) is 2. The van der Waals surface area contributed by atoms with Crippen molar-refractivity contribution in [3.05, 3.63) is 29.5 Å². The van der Waals surface area contributed by atoms with Crippen molar-refractivity contribution in [3.8, 4) is 22.8 Å². The molecule has 0 aliphatic rings. The minimum absolute atomic E-state index is 0.000613. The van der Waals surface area contributed by atoms with E-state index < -0.39 is 5.97 Å². The number of aryl methyl sites for hydroxylation is 1. The monoisotopic (exact) mass is 290 g/mol. The molecule has 0 saturated heterocycles. The van der Waals surface area contributed by atoms with Crippen LogP contribution in [-0.2, 0) is 4.74 Å². The van der Waals surface area contributed by atoms with Crippen LogP contribution < -0.4 is 10.5 Å². The number of nitrogen functional groups attached to an aromatic ring is 1. The molecule has 0 aliphatic carbocycles. The molecule has 4 N–H and O–H groups in total. The van der Waals surface area contributed by atoms with Gasteiger partial charge < -0.3 is 25.3 Å². The number of nitrogens with one attached hydrogen (secondary N) is 1. The molecule has 1 aromatic heterocycles. The highest BCUT2D eigenvalue weighted by Gasteiger charge is 2.21. The second-order valence-electron chi connectivity index (χ2n) is 4.52. The first-order valence-corrected chi connectivity index (χ1v) is 6.52. The number of benzene rings is 1. The number of phenolic OH excluding ortho intramolecular Hbond substituents is 1. The molecule has 112 valence electrons. The molecular formula is C15H18N2O4. The van der Waals surface area contributed by atoms with Crippen LogP contribution in [0.15, 0.2) is 18.2 Å². The summed E-state index contributed by atoms with van der Waals surface area (Å²) in [5.74, 6) is -0.0988. The van der Waals surface area contributed by atoms with Gasteiger partial charge >= 0.3 is 5.97 Å². The molecule has 6 nitrogen and oxygen atoms in total. The minimum atomic E-state index is -0.465. The van der Waals surface area contributed by atoms with Gasteiger partial charge in [-0.05, 0) is 32.0 Å². The van der Waals surface area contributed by atoms with Crippen LogP contribution in [0.4, 0.5) is 5.69 Å². The summed E-state index contributed by atoms with van der Waals surface area (Å²) in [7, 11) is 1.47. The van der Waals surface area contributed by atoms with E-state index in [1.807, 2.05) is 0 Å². The number of rotatable bonds is 4. The van der Waals surface area contributed by atoms with E-state index in [0.29, 0.717) is 34.0 Å². The Hall–Kier alpha value is -2.63. The number of aromatic hydroxyl groups is 1. The van der Waals surface area contributed by atoms with Gasteiger partial charge in [-0.2, -0.15) is 0 Å². The van der Waals surface area contributed by atoms with Crippen LogP contribution in [0, 0.1) is 6.92 Å². The van der Waals surface area contributed by atoms with Gasteiger partial charge in [0, 0.05) is 11.3 Å². The number of carbonyl (C=O) groups excluding carboxylic acids is 1. The third-order valence-corrected chi connectivity index (χ3v) is 3.17. The Labute approximate surface area is 122 Å². The van der Waals surface area contributed by atoms with Crippen molar-refractivity contribution in [2.75, 3.05) is 19.5 Å². The Morgan fingerprint density at radius 1 is 1.43 bits per heavy atom. The molecule has 0 unspecified atom stereocenters. The van der Waals surface area contributed by atoms with E-state index in [0.717, 1.165) is 0 Å². The van der Waals surface area contributed by atoms with Crippen LogP contribution >= 0.6 is 0 Å². The minimum Gasteiger partial charge on any atom is -0.504 e. The lowest BCUT2D eigenvalue weighted by Crippen LogP contribution is -2.07. The lowest BCUT2D eigenvalue weighted by molar-refractivity contribution is 0.0527. The van der Waals surface area contributed by atoms with E-state index in [2.05, 4.69) is 4.98 Å². The number of methoxy groups -OCH3 is 1. The Morgan fingerprint density at radius 3 is 2.71 bits per heavy atom. The molecular weight excluding hydrogens is 272 g/mol. The van der Waals surface area contributed by atoms with Gasteiger partial charge in [0.25, 0.3) is 0 Å². The molecule has 21 heavy (non-hydrogen) atoms. The van der Waals surface area contributed by atoms with Gasteiger partial charge in [0.1, 0.15) is 5.56 Å². The maximum atomic E-state index is 11.9. The number of esters is 1. The van der Waals surface area contributed by atoms with Gasteiger partial charge in [-0.15, -0.1) is 0 Å². The average molecular weight is 290 g/mol. The zero-order valence-electron chi connectivity index (χ0n) is 12.2. The topological polar surface area (TPSA) is 97.6 Å². The fourth-order valence-electron chi connectivity index (χ4n) is 2.18. The molecule has 0 amide bonds. The fourth-order valence-corrected chi connectivity index (χ4v) is 2.18. The Balaban J connectivity index is 2.48. The summed E-state index contributed by atoms with van der Waals surface area (Å²) < 4.78 is 9.99. The predicted molar refractivity (Wildman–Crippen MR) is 79.6 cm³/mol. The molecule has 0 spiro atoms. The number of phenols is 1. The molecule has 0 aliphatic heterocycles. The van der Waals surface area contributed by atoms with Crippen LogP contribution in [0.25, 0.3) is 11.3 Å². The van der Waals surface area contributed by atoms with Gasteiger partial charge in [0.2, 0.25) is 0 Å². The second kappa shape index (κ2) is 5.78. The molecule has 1 heterocycles. The summed E-state index contributed by atoms with van der Waals surface area (Å²) in [6, 6.07) is 4.90. The van der Waals surface area contributed by atoms with Crippen molar-refractivity contribution in [1.82, 2.24) is 4.98 Å². The highest BCUT2D eigenvalue weighted by atomic mass is 16.5. The van der Waals surface area contributed by atoms with Gasteiger partial charge in [0.15, 0.2) is 11.5 Å². The highest BCUT2D eigenvalue weighted by Crippen LogP contribution is 2.35. The van der Waals surface area contributed by atoms with Crippen LogP contribution in [0.5, 0.6) is 11.5 Å². The first-order chi connectivity index (χ1) is 9.99. The van der Waals surface area contributed by atoms with Crippen LogP contribution in [-0.4, -0.2) is 29.8 Å². The Kier molecular flexibility index (Phi) is 4.07. The molecule has 0 bridgehead atoms. The second-order valence-corrected chi connectivity index (χ2v) is 4.52. The molecule has 0 atom stereocenters. The molecule has 6 heteroatoms. The summed E-state index contributed by atoms with van der Waals surface area (Å²) >= 11 is 0. The summed E-state index contributed by atoms with van der Waals surface area (Å²) in [4.78, 5) is 15.0. The molecule has 0 fully saturated rings. The molecule has 0 radical (unpaired) electrons. The molecule has 2 rings (SSSR count). The third kappa shape index (κ3) is 2.65. The number of aromatic nitrogens is 1. The third-order valence-electron chi connectivity index (χ3n) is 3.17. The summed E-state index contributed by atoms with van der Waals surface area (Å²) in [6.07, 6.45) is 0.